The van der Waals surface area contributed by atoms with Gasteiger partial charge in [0.05, 0.1) is 0 Å². The highest BCUT2D eigenvalue weighted by atomic mass is 14.4. The minimum absolute atomic E-state index is 1.03. The van der Waals surface area contributed by atoms with Crippen LogP contribution < -0.4 is 0 Å². The lowest BCUT2D eigenvalue weighted by Crippen LogP contribution is -2.27. The largest absolute Gasteiger partial charge is 0.0998 e. The zero-order chi connectivity index (χ0) is 9.97. The predicted molar refractivity (Wildman–Crippen MR) is 62.2 cm³/mol. The van der Waals surface area contributed by atoms with Gasteiger partial charge in [-0.2, -0.15) is 0 Å². The summed E-state index contributed by atoms with van der Waals surface area (Å²) in [5, 5.41) is 0. The van der Waals surface area contributed by atoms with E-state index in [0.717, 1.165) is 17.8 Å². The Balaban J connectivity index is 1.70. The van der Waals surface area contributed by atoms with E-state index in [0.29, 0.717) is 0 Å². The van der Waals surface area contributed by atoms with Crippen molar-refractivity contribution in [3.63, 3.8) is 0 Å². The average Bonchev–Trinajstić information content (AvgIpc) is 2.15. The molecule has 0 atom stereocenters. The van der Waals surface area contributed by atoms with Crippen LogP contribution in [0.1, 0.15) is 58.3 Å². The maximum atomic E-state index is 4.05. The van der Waals surface area contributed by atoms with E-state index >= 15 is 0 Å². The lowest BCUT2D eigenvalue weighted by atomic mass is 9.66. The molecule has 2 saturated carbocycles. The summed E-state index contributed by atoms with van der Waals surface area (Å²) >= 11 is 0. The van der Waals surface area contributed by atoms with Gasteiger partial charge in [0.15, 0.2) is 0 Å². The zero-order valence-corrected chi connectivity index (χ0v) is 9.60. The van der Waals surface area contributed by atoms with E-state index in [2.05, 4.69) is 13.5 Å². The minimum Gasteiger partial charge on any atom is -0.0998 e. The molecule has 0 aromatic heterocycles. The predicted octanol–water partition coefficient (Wildman–Crippen LogP) is 4.56. The molecule has 0 N–H and O–H groups in total. The molecule has 0 heteroatoms. The number of rotatable bonds is 3. The van der Waals surface area contributed by atoms with Gasteiger partial charge in [0.1, 0.15) is 0 Å². The Morgan fingerprint density at radius 1 is 1.07 bits per heavy atom. The van der Waals surface area contributed by atoms with Crippen LogP contribution in [0.4, 0.5) is 0 Å². The summed E-state index contributed by atoms with van der Waals surface area (Å²) in [6, 6.07) is 0. The molecule has 2 aliphatic carbocycles. The highest BCUT2D eigenvalue weighted by molar-refractivity contribution is 5.09. The molecular weight excluding hydrogens is 168 g/mol. The summed E-state index contributed by atoms with van der Waals surface area (Å²) in [4.78, 5) is 0. The molecule has 0 amide bonds. The van der Waals surface area contributed by atoms with Crippen LogP contribution in [-0.4, -0.2) is 0 Å². The van der Waals surface area contributed by atoms with Crippen LogP contribution >= 0.6 is 0 Å². The maximum absolute atomic E-state index is 4.05. The van der Waals surface area contributed by atoms with Crippen molar-refractivity contribution in [1.82, 2.24) is 0 Å². The molecule has 0 nitrogen and oxygen atoms in total. The van der Waals surface area contributed by atoms with E-state index in [1.165, 1.54) is 56.9 Å². The smallest absolute Gasteiger partial charge is 0.0289 e. The van der Waals surface area contributed by atoms with Crippen LogP contribution in [0.25, 0.3) is 0 Å². The average molecular weight is 192 g/mol. The van der Waals surface area contributed by atoms with Gasteiger partial charge in [-0.15, -0.1) is 0 Å². The lowest BCUT2D eigenvalue weighted by Gasteiger charge is -2.39. The second-order valence-corrected chi connectivity index (χ2v) is 5.49. The Kier molecular flexibility index (Phi) is 3.30. The topological polar surface area (TPSA) is 0 Å². The highest BCUT2D eigenvalue weighted by Gasteiger charge is 2.32. The van der Waals surface area contributed by atoms with Gasteiger partial charge in [-0.1, -0.05) is 44.8 Å². The Morgan fingerprint density at radius 3 is 2.21 bits per heavy atom. The van der Waals surface area contributed by atoms with E-state index in [1.54, 1.807) is 0 Å². The van der Waals surface area contributed by atoms with Crippen LogP contribution in [0.3, 0.4) is 0 Å². The third-order valence-corrected chi connectivity index (χ3v) is 4.36. The maximum Gasteiger partial charge on any atom is -0.0289 e. The minimum atomic E-state index is 1.03. The molecule has 0 radical (unpaired) electrons. The van der Waals surface area contributed by atoms with Crippen molar-refractivity contribution in [1.29, 1.82) is 0 Å². The van der Waals surface area contributed by atoms with Crippen molar-refractivity contribution in [3.8, 4) is 0 Å². The van der Waals surface area contributed by atoms with Crippen LogP contribution in [0, 0.1) is 17.8 Å². The van der Waals surface area contributed by atoms with Crippen molar-refractivity contribution in [3.05, 3.63) is 12.2 Å². The molecule has 0 aliphatic heterocycles. The molecule has 0 bridgehead atoms. The van der Waals surface area contributed by atoms with E-state index in [-0.39, 0.29) is 0 Å². The van der Waals surface area contributed by atoms with Gasteiger partial charge in [0.25, 0.3) is 0 Å². The Bertz CT molecular complexity index is 188. The summed E-state index contributed by atoms with van der Waals surface area (Å²) in [5.41, 5.74) is 1.51. The molecule has 80 valence electrons. The molecular formula is C14H24. The fraction of sp³-hybridized carbons (Fsp3) is 0.857. The molecule has 14 heavy (non-hydrogen) atoms. The Hall–Kier alpha value is -0.260. The van der Waals surface area contributed by atoms with Gasteiger partial charge in [0.2, 0.25) is 0 Å². The van der Waals surface area contributed by atoms with Crippen LogP contribution in [0.2, 0.25) is 0 Å². The monoisotopic (exact) mass is 192 g/mol. The molecule has 0 saturated heterocycles. The third-order valence-electron chi connectivity index (χ3n) is 4.36. The lowest BCUT2D eigenvalue weighted by molar-refractivity contribution is 0.169. The highest BCUT2D eigenvalue weighted by Crippen LogP contribution is 2.45. The second-order valence-electron chi connectivity index (χ2n) is 5.49. The van der Waals surface area contributed by atoms with Crippen molar-refractivity contribution >= 4 is 0 Å². The van der Waals surface area contributed by atoms with Crippen molar-refractivity contribution in [2.45, 2.75) is 58.3 Å². The normalized spacial score (nSPS) is 34.2. The number of hydrogen-bond donors (Lipinski definition) is 0. The van der Waals surface area contributed by atoms with Crippen molar-refractivity contribution in [2.75, 3.05) is 0 Å². The summed E-state index contributed by atoms with van der Waals surface area (Å²) in [5.74, 6) is 3.17. The fourth-order valence-electron chi connectivity index (χ4n) is 3.37. The number of allylic oxidation sites excluding steroid dienone is 1. The standard InChI is InChI=1S/C14H24/c1-3-4-12-5-7-13(8-6-12)14-9-11(2)10-14/h12-14H,2-10H2,1H3. The molecule has 2 rings (SSSR count). The third kappa shape index (κ3) is 2.21. The molecule has 0 aromatic rings. The van der Waals surface area contributed by atoms with Gasteiger partial charge in [-0.25, -0.2) is 0 Å². The first kappa shape index (κ1) is 10.3. The van der Waals surface area contributed by atoms with Gasteiger partial charge in [-0.05, 0) is 43.4 Å². The summed E-state index contributed by atoms with van der Waals surface area (Å²) in [7, 11) is 0. The molecule has 0 unspecified atom stereocenters. The second kappa shape index (κ2) is 4.51. The quantitative estimate of drug-likeness (QED) is 0.575. The van der Waals surface area contributed by atoms with E-state index in [9.17, 15) is 0 Å². The van der Waals surface area contributed by atoms with Crippen LogP contribution in [0.5, 0.6) is 0 Å². The summed E-state index contributed by atoms with van der Waals surface area (Å²) in [6.07, 6.45) is 11.6. The van der Waals surface area contributed by atoms with Crippen molar-refractivity contribution in [2.24, 2.45) is 17.8 Å². The van der Waals surface area contributed by atoms with E-state index in [4.69, 9.17) is 0 Å². The first-order chi connectivity index (χ1) is 6.79. The first-order valence-electron chi connectivity index (χ1n) is 6.46. The Labute approximate surface area is 88.8 Å². The van der Waals surface area contributed by atoms with E-state index in [1.807, 2.05) is 0 Å². The van der Waals surface area contributed by atoms with Gasteiger partial charge >= 0.3 is 0 Å². The van der Waals surface area contributed by atoms with Crippen LogP contribution in [-0.2, 0) is 0 Å². The molecule has 2 fully saturated rings. The summed E-state index contributed by atoms with van der Waals surface area (Å²) in [6.45, 7) is 6.37. The number of hydrogen-bond acceptors (Lipinski definition) is 0. The van der Waals surface area contributed by atoms with Crippen LogP contribution in [0.15, 0.2) is 12.2 Å². The van der Waals surface area contributed by atoms with E-state index < -0.39 is 0 Å². The fourth-order valence-corrected chi connectivity index (χ4v) is 3.37. The summed E-state index contributed by atoms with van der Waals surface area (Å²) < 4.78 is 0. The van der Waals surface area contributed by atoms with Crippen molar-refractivity contribution < 1.29 is 0 Å². The molecule has 0 spiro atoms. The van der Waals surface area contributed by atoms with Gasteiger partial charge < -0.3 is 0 Å². The van der Waals surface area contributed by atoms with Gasteiger partial charge in [-0.3, -0.25) is 0 Å². The first-order valence-corrected chi connectivity index (χ1v) is 6.46. The Morgan fingerprint density at radius 2 is 1.71 bits per heavy atom. The van der Waals surface area contributed by atoms with Gasteiger partial charge in [0, 0.05) is 0 Å². The SMILES string of the molecule is C=C1CC(C2CCC(CCC)CC2)C1. The molecule has 0 aromatic carbocycles. The molecule has 2 aliphatic rings. The zero-order valence-electron chi connectivity index (χ0n) is 9.60. The molecule has 0 heterocycles.